The molecule has 0 radical (unpaired) electrons. The van der Waals surface area contributed by atoms with Gasteiger partial charge in [-0.25, -0.2) is 4.79 Å². The highest BCUT2D eigenvalue weighted by atomic mass is 16.5. The second-order valence-electron chi connectivity index (χ2n) is 5.74. The summed E-state index contributed by atoms with van der Waals surface area (Å²) in [7, 11) is 2.84. The van der Waals surface area contributed by atoms with Crippen LogP contribution in [0.15, 0.2) is 43.0 Å². The van der Waals surface area contributed by atoms with Crippen LogP contribution in [0.3, 0.4) is 0 Å². The largest absolute Gasteiger partial charge is 0.467 e. The third kappa shape index (κ3) is 3.64. The average molecular weight is 330 g/mol. The van der Waals surface area contributed by atoms with Crippen LogP contribution in [0.25, 0.3) is 0 Å². The van der Waals surface area contributed by atoms with Crippen molar-refractivity contribution in [3.63, 3.8) is 0 Å². The highest BCUT2D eigenvalue weighted by Gasteiger charge is 2.42. The fourth-order valence-electron chi connectivity index (χ4n) is 3.05. The van der Waals surface area contributed by atoms with Gasteiger partial charge >= 0.3 is 5.97 Å². The van der Waals surface area contributed by atoms with Crippen molar-refractivity contribution in [3.05, 3.63) is 48.6 Å². The lowest BCUT2D eigenvalue weighted by Crippen LogP contribution is -2.47. The lowest BCUT2D eigenvalue weighted by atomic mass is 10.0. The van der Waals surface area contributed by atoms with E-state index in [0.717, 1.165) is 11.6 Å². The Balaban J connectivity index is 2.26. The van der Waals surface area contributed by atoms with Gasteiger partial charge in [0.1, 0.15) is 6.04 Å². The van der Waals surface area contributed by atoms with Crippen molar-refractivity contribution in [2.75, 3.05) is 20.7 Å². The number of likely N-dealkylation sites (tertiary alicyclic amines) is 1. The highest BCUT2D eigenvalue weighted by Crippen LogP contribution is 2.36. The van der Waals surface area contributed by atoms with Crippen LogP contribution < -0.4 is 0 Å². The molecule has 0 aromatic heterocycles. The molecule has 0 saturated carbocycles. The summed E-state index contributed by atoms with van der Waals surface area (Å²) >= 11 is 0. The van der Waals surface area contributed by atoms with Crippen LogP contribution in [-0.4, -0.2) is 54.3 Å². The Morgan fingerprint density at radius 2 is 1.96 bits per heavy atom. The van der Waals surface area contributed by atoms with Gasteiger partial charge in [-0.3, -0.25) is 9.59 Å². The van der Waals surface area contributed by atoms with E-state index in [1.54, 1.807) is 4.90 Å². The van der Waals surface area contributed by atoms with Crippen LogP contribution in [0.2, 0.25) is 0 Å². The molecule has 1 saturated heterocycles. The van der Waals surface area contributed by atoms with Crippen molar-refractivity contribution in [1.29, 1.82) is 0 Å². The Morgan fingerprint density at radius 3 is 2.54 bits per heavy atom. The quantitative estimate of drug-likeness (QED) is 0.607. The zero-order valence-electron chi connectivity index (χ0n) is 14.0. The number of benzene rings is 1. The van der Waals surface area contributed by atoms with E-state index in [1.165, 1.54) is 19.1 Å². The van der Waals surface area contributed by atoms with Gasteiger partial charge < -0.3 is 14.5 Å². The summed E-state index contributed by atoms with van der Waals surface area (Å²) in [5.41, 5.74) is 0.968. The Labute approximate surface area is 141 Å². The Morgan fingerprint density at radius 1 is 1.29 bits per heavy atom. The van der Waals surface area contributed by atoms with Crippen LogP contribution in [0, 0.1) is 0 Å². The zero-order chi connectivity index (χ0) is 17.7. The third-order valence-corrected chi connectivity index (χ3v) is 4.25. The molecule has 1 aliphatic rings. The maximum absolute atomic E-state index is 12.8. The number of esters is 1. The van der Waals surface area contributed by atoms with Gasteiger partial charge in [0.05, 0.1) is 19.7 Å². The van der Waals surface area contributed by atoms with Crippen LogP contribution >= 0.6 is 0 Å². The number of nitrogens with zero attached hydrogens (tertiary/aromatic N) is 2. The van der Waals surface area contributed by atoms with E-state index in [9.17, 15) is 14.4 Å². The first-order chi connectivity index (χ1) is 11.5. The van der Waals surface area contributed by atoms with Gasteiger partial charge in [0.15, 0.2) is 0 Å². The van der Waals surface area contributed by atoms with E-state index in [4.69, 9.17) is 4.74 Å². The molecular weight excluding hydrogens is 308 g/mol. The first-order valence-corrected chi connectivity index (χ1v) is 7.81. The minimum Gasteiger partial charge on any atom is -0.467 e. The Hall–Kier alpha value is -2.63. The molecule has 0 N–H and O–H groups in total. The van der Waals surface area contributed by atoms with E-state index >= 15 is 0 Å². The topological polar surface area (TPSA) is 66.9 Å². The molecule has 2 rings (SSSR count). The fraction of sp³-hybridized carbons (Fsp3) is 0.389. The van der Waals surface area contributed by atoms with Gasteiger partial charge in [-0.15, -0.1) is 0 Å². The summed E-state index contributed by atoms with van der Waals surface area (Å²) in [5.74, 6) is -1.05. The molecule has 24 heavy (non-hydrogen) atoms. The molecule has 6 nitrogen and oxygen atoms in total. The third-order valence-electron chi connectivity index (χ3n) is 4.25. The molecule has 1 fully saturated rings. The summed E-state index contributed by atoms with van der Waals surface area (Å²) in [6, 6.07) is 8.74. The van der Waals surface area contributed by atoms with Crippen LogP contribution in [0.5, 0.6) is 0 Å². The van der Waals surface area contributed by atoms with Crippen molar-refractivity contribution >= 4 is 17.8 Å². The monoisotopic (exact) mass is 330 g/mol. The predicted octanol–water partition coefficient (Wildman–Crippen LogP) is 1.54. The van der Waals surface area contributed by atoms with Crippen molar-refractivity contribution in [2.45, 2.75) is 24.9 Å². The molecule has 0 aliphatic carbocycles. The van der Waals surface area contributed by atoms with Crippen molar-refractivity contribution in [2.24, 2.45) is 0 Å². The van der Waals surface area contributed by atoms with E-state index in [0.29, 0.717) is 12.8 Å². The summed E-state index contributed by atoms with van der Waals surface area (Å²) in [6.07, 6.45) is 2.37. The van der Waals surface area contributed by atoms with E-state index in [2.05, 4.69) is 6.58 Å². The lowest BCUT2D eigenvalue weighted by molar-refractivity contribution is -0.153. The number of likely N-dealkylation sites (N-methyl/N-ethyl adjacent to an activating group) is 1. The maximum Gasteiger partial charge on any atom is 0.328 e. The summed E-state index contributed by atoms with van der Waals surface area (Å²) in [6.45, 7) is 3.31. The standard InChI is InChI=1S/C18H22N2O4/c1-4-16(21)19(2)12-17(22)20-14(13-8-6-5-7-9-13)10-11-15(20)18(23)24-3/h4-9,14-15H,1,10-12H2,2-3H3/t14-,15-/m0/s1. The number of rotatable bonds is 5. The zero-order valence-corrected chi connectivity index (χ0v) is 14.0. The Kier molecular flexibility index (Phi) is 5.73. The van der Waals surface area contributed by atoms with E-state index in [-0.39, 0.29) is 24.4 Å². The fourth-order valence-corrected chi connectivity index (χ4v) is 3.05. The minimum absolute atomic E-state index is 0.109. The molecule has 0 bridgehead atoms. The number of ether oxygens (including phenoxy) is 1. The second-order valence-corrected chi connectivity index (χ2v) is 5.74. The summed E-state index contributed by atoms with van der Waals surface area (Å²) in [4.78, 5) is 39.3. The van der Waals surface area contributed by atoms with E-state index in [1.807, 2.05) is 30.3 Å². The number of carbonyl (C=O) groups is 3. The van der Waals surface area contributed by atoms with Crippen molar-refractivity contribution < 1.29 is 19.1 Å². The minimum atomic E-state index is -0.625. The molecule has 128 valence electrons. The van der Waals surface area contributed by atoms with Gasteiger partial charge in [0.25, 0.3) is 0 Å². The van der Waals surface area contributed by atoms with Gasteiger partial charge in [0, 0.05) is 7.05 Å². The molecule has 6 heteroatoms. The number of hydrogen-bond donors (Lipinski definition) is 0. The Bertz CT molecular complexity index is 629. The molecule has 0 unspecified atom stereocenters. The maximum atomic E-state index is 12.8. The van der Waals surface area contributed by atoms with Crippen LogP contribution in [-0.2, 0) is 19.1 Å². The number of amides is 2. The normalized spacial score (nSPS) is 19.7. The molecule has 2 atom stereocenters. The molecular formula is C18H22N2O4. The van der Waals surface area contributed by atoms with Crippen LogP contribution in [0.1, 0.15) is 24.4 Å². The summed E-state index contributed by atoms with van der Waals surface area (Å²) in [5, 5.41) is 0. The molecule has 1 aromatic carbocycles. The SMILES string of the molecule is C=CC(=O)N(C)CC(=O)N1[C@H](C(=O)OC)CC[C@H]1c1ccccc1. The van der Waals surface area contributed by atoms with Gasteiger partial charge in [-0.1, -0.05) is 36.9 Å². The first kappa shape index (κ1) is 17.7. The molecule has 0 spiro atoms. The molecule has 1 heterocycles. The smallest absolute Gasteiger partial charge is 0.328 e. The second kappa shape index (κ2) is 7.77. The number of methoxy groups -OCH3 is 1. The van der Waals surface area contributed by atoms with E-state index < -0.39 is 12.0 Å². The van der Waals surface area contributed by atoms with Gasteiger partial charge in [-0.05, 0) is 24.5 Å². The highest BCUT2D eigenvalue weighted by molar-refractivity contribution is 5.92. The van der Waals surface area contributed by atoms with Crippen molar-refractivity contribution in [1.82, 2.24) is 9.80 Å². The number of hydrogen-bond acceptors (Lipinski definition) is 4. The molecule has 2 amide bonds. The van der Waals surface area contributed by atoms with Crippen molar-refractivity contribution in [3.8, 4) is 0 Å². The molecule has 1 aliphatic heterocycles. The first-order valence-electron chi connectivity index (χ1n) is 7.81. The average Bonchev–Trinajstić information content (AvgIpc) is 3.06. The molecule has 1 aromatic rings. The predicted molar refractivity (Wildman–Crippen MR) is 88.9 cm³/mol. The van der Waals surface area contributed by atoms with Gasteiger partial charge in [0.2, 0.25) is 11.8 Å². The van der Waals surface area contributed by atoms with Gasteiger partial charge in [-0.2, -0.15) is 0 Å². The summed E-state index contributed by atoms with van der Waals surface area (Å²) < 4.78 is 4.84. The number of carbonyl (C=O) groups excluding carboxylic acids is 3. The van der Waals surface area contributed by atoms with Crippen LogP contribution in [0.4, 0.5) is 0 Å². The lowest BCUT2D eigenvalue weighted by Gasteiger charge is -2.30.